The van der Waals surface area contributed by atoms with Gasteiger partial charge in [-0.3, -0.25) is 10.1 Å². The Labute approximate surface area is 125 Å². The minimum atomic E-state index is -0.271. The number of nitrogens with one attached hydrogen (secondary N) is 1. The smallest absolute Gasteiger partial charge is 0.258 e. The maximum Gasteiger partial charge on any atom is 0.258 e. The number of fused-ring (bicyclic) bond motifs is 1. The van der Waals surface area contributed by atoms with Gasteiger partial charge in [-0.25, -0.2) is 4.98 Å². The summed E-state index contributed by atoms with van der Waals surface area (Å²) in [6, 6.07) is 8.87. The predicted molar refractivity (Wildman–Crippen MR) is 79.7 cm³/mol. The van der Waals surface area contributed by atoms with Gasteiger partial charge in [0.15, 0.2) is 0 Å². The SMILES string of the molecule is Cc1nc2nc(NC(=O)c3ccccc3)nn2c(C)c1Cl. The average molecular weight is 302 g/mol. The van der Waals surface area contributed by atoms with Crippen molar-refractivity contribution in [3.8, 4) is 0 Å². The molecule has 0 unspecified atom stereocenters. The number of benzene rings is 1. The van der Waals surface area contributed by atoms with Crippen LogP contribution < -0.4 is 5.32 Å². The Morgan fingerprint density at radius 3 is 2.62 bits per heavy atom. The fraction of sp³-hybridized carbons (Fsp3) is 0.143. The van der Waals surface area contributed by atoms with Crippen molar-refractivity contribution in [2.24, 2.45) is 0 Å². The zero-order chi connectivity index (χ0) is 15.0. The fourth-order valence-corrected chi connectivity index (χ4v) is 2.09. The average Bonchev–Trinajstić information content (AvgIpc) is 2.88. The number of hydrogen-bond donors (Lipinski definition) is 1. The third-order valence-corrected chi connectivity index (χ3v) is 3.62. The molecule has 0 aliphatic carbocycles. The molecule has 21 heavy (non-hydrogen) atoms. The number of carbonyl (C=O) groups is 1. The van der Waals surface area contributed by atoms with Crippen LogP contribution >= 0.6 is 11.6 Å². The Balaban J connectivity index is 1.95. The van der Waals surface area contributed by atoms with Crippen molar-refractivity contribution in [2.75, 3.05) is 5.32 Å². The number of anilines is 1. The molecule has 1 amide bonds. The Bertz CT molecular complexity index is 828. The maximum atomic E-state index is 12.1. The number of aryl methyl sites for hydroxylation is 2. The number of hydrogen-bond acceptors (Lipinski definition) is 4. The molecule has 3 rings (SSSR count). The summed E-state index contributed by atoms with van der Waals surface area (Å²) >= 11 is 6.13. The van der Waals surface area contributed by atoms with Gasteiger partial charge in [0.1, 0.15) is 0 Å². The molecule has 0 saturated heterocycles. The van der Waals surface area contributed by atoms with Gasteiger partial charge in [-0.1, -0.05) is 29.8 Å². The van der Waals surface area contributed by atoms with Gasteiger partial charge in [0.25, 0.3) is 17.6 Å². The summed E-state index contributed by atoms with van der Waals surface area (Å²) in [6.45, 7) is 3.62. The highest BCUT2D eigenvalue weighted by Crippen LogP contribution is 2.19. The van der Waals surface area contributed by atoms with E-state index in [9.17, 15) is 4.79 Å². The van der Waals surface area contributed by atoms with E-state index >= 15 is 0 Å². The van der Waals surface area contributed by atoms with Crippen LogP contribution in [0.15, 0.2) is 30.3 Å². The molecule has 0 bridgehead atoms. The maximum absolute atomic E-state index is 12.1. The summed E-state index contributed by atoms with van der Waals surface area (Å²) in [6.07, 6.45) is 0. The fourth-order valence-electron chi connectivity index (χ4n) is 1.97. The molecule has 0 aliphatic rings. The van der Waals surface area contributed by atoms with E-state index in [1.165, 1.54) is 4.52 Å². The zero-order valence-corrected chi connectivity index (χ0v) is 12.2. The number of nitrogens with zero attached hydrogens (tertiary/aromatic N) is 4. The van der Waals surface area contributed by atoms with Gasteiger partial charge in [0.05, 0.1) is 16.4 Å². The molecule has 3 aromatic rings. The largest absolute Gasteiger partial charge is 0.289 e. The van der Waals surface area contributed by atoms with E-state index in [0.29, 0.717) is 22.1 Å². The van der Waals surface area contributed by atoms with E-state index in [1.54, 1.807) is 31.2 Å². The number of aromatic nitrogens is 4. The Morgan fingerprint density at radius 2 is 1.90 bits per heavy atom. The summed E-state index contributed by atoms with van der Waals surface area (Å²) in [4.78, 5) is 20.5. The van der Waals surface area contributed by atoms with Crippen molar-refractivity contribution in [3.63, 3.8) is 0 Å². The summed E-state index contributed by atoms with van der Waals surface area (Å²) in [5.74, 6) is 0.325. The van der Waals surface area contributed by atoms with Crippen molar-refractivity contribution >= 4 is 29.2 Å². The normalized spacial score (nSPS) is 10.8. The highest BCUT2D eigenvalue weighted by atomic mass is 35.5. The monoisotopic (exact) mass is 301 g/mol. The van der Waals surface area contributed by atoms with Crippen LogP contribution in [0, 0.1) is 13.8 Å². The first-order valence-electron chi connectivity index (χ1n) is 6.32. The van der Waals surface area contributed by atoms with Crippen molar-refractivity contribution in [3.05, 3.63) is 52.3 Å². The van der Waals surface area contributed by atoms with E-state index in [1.807, 2.05) is 13.0 Å². The molecule has 0 aliphatic heterocycles. The van der Waals surface area contributed by atoms with E-state index in [0.717, 1.165) is 5.69 Å². The van der Waals surface area contributed by atoms with Gasteiger partial charge in [0, 0.05) is 5.56 Å². The standard InChI is InChI=1S/C14H12ClN5O/c1-8-11(15)9(2)20-14(16-8)18-13(19-20)17-12(21)10-6-4-3-5-7-10/h3-7H,1-2H3,(H,17,19,21). The quantitative estimate of drug-likeness (QED) is 0.790. The highest BCUT2D eigenvalue weighted by Gasteiger charge is 2.14. The molecule has 2 heterocycles. The van der Waals surface area contributed by atoms with Gasteiger partial charge < -0.3 is 0 Å². The van der Waals surface area contributed by atoms with Crippen molar-refractivity contribution in [1.82, 2.24) is 19.6 Å². The summed E-state index contributed by atoms with van der Waals surface area (Å²) in [5, 5.41) is 7.39. The van der Waals surface area contributed by atoms with Gasteiger partial charge >= 0.3 is 0 Å². The summed E-state index contributed by atoms with van der Waals surface area (Å²) < 4.78 is 1.51. The highest BCUT2D eigenvalue weighted by molar-refractivity contribution is 6.31. The molecule has 106 valence electrons. The molecule has 0 fully saturated rings. The lowest BCUT2D eigenvalue weighted by Crippen LogP contribution is -2.12. The van der Waals surface area contributed by atoms with Gasteiger partial charge in [0.2, 0.25) is 0 Å². The first-order valence-corrected chi connectivity index (χ1v) is 6.70. The second-order valence-electron chi connectivity index (χ2n) is 4.56. The third-order valence-electron chi connectivity index (χ3n) is 3.07. The van der Waals surface area contributed by atoms with E-state index in [4.69, 9.17) is 11.6 Å². The molecule has 1 aromatic carbocycles. The molecule has 6 nitrogen and oxygen atoms in total. The van der Waals surface area contributed by atoms with Gasteiger partial charge in [-0.05, 0) is 26.0 Å². The van der Waals surface area contributed by atoms with Crippen LogP contribution in [0.5, 0.6) is 0 Å². The van der Waals surface area contributed by atoms with Crippen LogP contribution in [0.2, 0.25) is 5.02 Å². The molecule has 2 aromatic heterocycles. The van der Waals surface area contributed by atoms with Gasteiger partial charge in [-0.2, -0.15) is 9.50 Å². The number of halogens is 1. The predicted octanol–water partition coefficient (Wildman–Crippen LogP) is 2.65. The Hall–Kier alpha value is -2.47. The van der Waals surface area contributed by atoms with Gasteiger partial charge in [-0.15, -0.1) is 5.10 Å². The van der Waals surface area contributed by atoms with Crippen molar-refractivity contribution < 1.29 is 4.79 Å². The molecule has 0 spiro atoms. The van der Waals surface area contributed by atoms with Crippen LogP contribution in [0.4, 0.5) is 5.95 Å². The minimum Gasteiger partial charge on any atom is -0.289 e. The number of carbonyl (C=O) groups excluding carboxylic acids is 1. The molecule has 7 heteroatoms. The summed E-state index contributed by atoms with van der Waals surface area (Å²) in [5.41, 5.74) is 1.94. The second-order valence-corrected chi connectivity index (χ2v) is 4.94. The minimum absolute atomic E-state index is 0.195. The van der Waals surface area contributed by atoms with Crippen LogP contribution in [-0.2, 0) is 0 Å². The lowest BCUT2D eigenvalue weighted by atomic mass is 10.2. The molecular formula is C14H12ClN5O. The van der Waals surface area contributed by atoms with Crippen LogP contribution in [0.3, 0.4) is 0 Å². The number of rotatable bonds is 2. The lowest BCUT2D eigenvalue weighted by molar-refractivity contribution is 0.102. The first-order chi connectivity index (χ1) is 10.1. The second kappa shape index (κ2) is 5.14. The van der Waals surface area contributed by atoms with E-state index in [2.05, 4.69) is 20.4 Å². The Morgan fingerprint density at radius 1 is 1.19 bits per heavy atom. The molecule has 0 atom stereocenters. The third kappa shape index (κ3) is 2.45. The van der Waals surface area contributed by atoms with Crippen LogP contribution in [0.1, 0.15) is 21.7 Å². The lowest BCUT2D eigenvalue weighted by Gasteiger charge is -2.02. The van der Waals surface area contributed by atoms with E-state index < -0.39 is 0 Å². The van der Waals surface area contributed by atoms with Crippen molar-refractivity contribution in [1.29, 1.82) is 0 Å². The zero-order valence-electron chi connectivity index (χ0n) is 11.5. The number of amides is 1. The van der Waals surface area contributed by atoms with E-state index in [-0.39, 0.29) is 11.9 Å². The van der Waals surface area contributed by atoms with Crippen LogP contribution in [-0.4, -0.2) is 25.5 Å². The molecular weight excluding hydrogens is 290 g/mol. The molecule has 0 saturated carbocycles. The molecule has 0 radical (unpaired) electrons. The topological polar surface area (TPSA) is 72.2 Å². The Kier molecular flexibility index (Phi) is 3.31. The van der Waals surface area contributed by atoms with Crippen molar-refractivity contribution in [2.45, 2.75) is 13.8 Å². The first kappa shape index (κ1) is 13.5. The summed E-state index contributed by atoms with van der Waals surface area (Å²) in [7, 11) is 0. The van der Waals surface area contributed by atoms with Crippen LogP contribution in [0.25, 0.3) is 5.78 Å². The molecule has 1 N–H and O–H groups in total.